The summed E-state index contributed by atoms with van der Waals surface area (Å²) in [6.07, 6.45) is 3.21. The van der Waals surface area contributed by atoms with Crippen LogP contribution in [-0.2, 0) is 9.53 Å². The van der Waals surface area contributed by atoms with Gasteiger partial charge in [-0.15, -0.1) is 0 Å². The van der Waals surface area contributed by atoms with Gasteiger partial charge in [0.25, 0.3) is 0 Å². The lowest BCUT2D eigenvalue weighted by Gasteiger charge is -2.18. The molecule has 0 amide bonds. The summed E-state index contributed by atoms with van der Waals surface area (Å²) in [6.45, 7) is 7.19. The molecule has 0 saturated carbocycles. The summed E-state index contributed by atoms with van der Waals surface area (Å²) in [5.41, 5.74) is 1.78. The van der Waals surface area contributed by atoms with E-state index in [1.54, 1.807) is 13.0 Å². The number of carbonyl (C=O) groups excluding carboxylic acids is 1. The van der Waals surface area contributed by atoms with Crippen molar-refractivity contribution < 1.29 is 14.6 Å². The zero-order valence-corrected chi connectivity index (χ0v) is 13.9. The first-order valence-electron chi connectivity index (χ1n) is 7.58. The van der Waals surface area contributed by atoms with Gasteiger partial charge in [0.2, 0.25) is 0 Å². The quantitative estimate of drug-likeness (QED) is 0.875. The van der Waals surface area contributed by atoms with Gasteiger partial charge in [0.05, 0.1) is 23.7 Å². The normalized spacial score (nSPS) is 13.4. The fraction of sp³-hybridized carbons (Fsp3) is 0.389. The Hall–Kier alpha value is -2.27. The first kappa shape index (κ1) is 17.1. The average Bonchev–Trinajstić information content (AvgIpc) is 2.44. The van der Waals surface area contributed by atoms with Gasteiger partial charge < -0.3 is 9.84 Å². The molecule has 5 nitrogen and oxygen atoms in total. The minimum atomic E-state index is -0.654. The van der Waals surface area contributed by atoms with E-state index < -0.39 is 11.7 Å². The van der Waals surface area contributed by atoms with Crippen molar-refractivity contribution in [1.29, 1.82) is 0 Å². The molecule has 122 valence electrons. The van der Waals surface area contributed by atoms with E-state index in [-0.39, 0.29) is 12.4 Å². The van der Waals surface area contributed by atoms with E-state index in [0.717, 1.165) is 16.5 Å². The Morgan fingerprint density at radius 2 is 2.04 bits per heavy atom. The van der Waals surface area contributed by atoms with Crippen molar-refractivity contribution >= 4 is 22.9 Å². The molecule has 0 fully saturated rings. The van der Waals surface area contributed by atoms with E-state index in [2.05, 4.69) is 10.2 Å². The van der Waals surface area contributed by atoms with Crippen molar-refractivity contribution in [3.8, 4) is 0 Å². The fourth-order valence-corrected chi connectivity index (χ4v) is 2.06. The average molecular weight is 314 g/mol. The largest absolute Gasteiger partial charge is 0.460 e. The minimum Gasteiger partial charge on any atom is -0.460 e. The van der Waals surface area contributed by atoms with E-state index in [1.807, 2.05) is 51.1 Å². The summed E-state index contributed by atoms with van der Waals surface area (Å²) in [6, 6.07) is 7.53. The fourth-order valence-electron chi connectivity index (χ4n) is 2.06. The number of esters is 1. The van der Waals surface area contributed by atoms with Gasteiger partial charge in [0.1, 0.15) is 5.60 Å². The van der Waals surface area contributed by atoms with Crippen molar-refractivity contribution in [2.24, 2.45) is 0 Å². The van der Waals surface area contributed by atoms with Crippen molar-refractivity contribution in [2.75, 3.05) is 0 Å². The lowest BCUT2D eigenvalue weighted by Crippen LogP contribution is -2.23. The van der Waals surface area contributed by atoms with Crippen LogP contribution in [0.4, 0.5) is 0 Å². The number of aliphatic hydroxyl groups excluding tert-OH is 1. The Balaban J connectivity index is 2.11. The molecule has 23 heavy (non-hydrogen) atoms. The third kappa shape index (κ3) is 5.14. The molecule has 0 saturated heterocycles. The molecule has 2 rings (SSSR count). The zero-order chi connectivity index (χ0) is 17.0. The van der Waals surface area contributed by atoms with Crippen LogP contribution in [0, 0.1) is 0 Å². The molecular weight excluding hydrogens is 292 g/mol. The van der Waals surface area contributed by atoms with Gasteiger partial charge in [0, 0.05) is 5.39 Å². The van der Waals surface area contributed by atoms with Crippen LogP contribution in [0.5, 0.6) is 0 Å². The third-order valence-corrected chi connectivity index (χ3v) is 3.07. The van der Waals surface area contributed by atoms with Crippen LogP contribution in [-0.4, -0.2) is 26.9 Å². The predicted octanol–water partition coefficient (Wildman–Crippen LogP) is 3.43. The molecule has 0 aliphatic heterocycles. The lowest BCUT2D eigenvalue weighted by molar-refractivity contribution is -0.153. The Labute approximate surface area is 136 Å². The molecule has 1 N–H and O–H groups in total. The minimum absolute atomic E-state index is 0.225. The van der Waals surface area contributed by atoms with Crippen molar-refractivity contribution in [3.05, 3.63) is 41.6 Å². The second kappa shape index (κ2) is 6.87. The van der Waals surface area contributed by atoms with Crippen molar-refractivity contribution in [2.45, 2.75) is 45.8 Å². The molecule has 0 spiro atoms. The molecular formula is C18H22N2O3. The Morgan fingerprint density at radius 1 is 1.30 bits per heavy atom. The summed E-state index contributed by atoms with van der Waals surface area (Å²) in [7, 11) is 0. The second-order valence-electron chi connectivity index (χ2n) is 6.46. The zero-order valence-electron chi connectivity index (χ0n) is 13.9. The van der Waals surface area contributed by atoms with E-state index in [4.69, 9.17) is 4.74 Å². The predicted molar refractivity (Wildman–Crippen MR) is 89.7 cm³/mol. The summed E-state index contributed by atoms with van der Waals surface area (Å²) in [5, 5.41) is 18.5. The maximum Gasteiger partial charge on any atom is 0.310 e. The van der Waals surface area contributed by atoms with E-state index in [0.29, 0.717) is 5.69 Å². The van der Waals surface area contributed by atoms with Crippen LogP contribution in [0.3, 0.4) is 0 Å². The number of hydrogen-bond acceptors (Lipinski definition) is 5. The highest BCUT2D eigenvalue weighted by molar-refractivity contribution is 5.81. The van der Waals surface area contributed by atoms with E-state index >= 15 is 0 Å². The molecule has 5 heteroatoms. The van der Waals surface area contributed by atoms with Crippen LogP contribution in [0.25, 0.3) is 17.0 Å². The van der Waals surface area contributed by atoms with Gasteiger partial charge in [-0.05, 0) is 51.5 Å². The number of fused-ring (bicyclic) bond motifs is 1. The van der Waals surface area contributed by atoms with Crippen molar-refractivity contribution in [3.63, 3.8) is 0 Å². The molecule has 1 aromatic carbocycles. The summed E-state index contributed by atoms with van der Waals surface area (Å²) in [4.78, 5) is 11.7. The molecule has 0 bridgehead atoms. The monoisotopic (exact) mass is 314 g/mol. The van der Waals surface area contributed by atoms with Gasteiger partial charge in [-0.3, -0.25) is 4.79 Å². The van der Waals surface area contributed by atoms with Crippen LogP contribution in [0.2, 0.25) is 0 Å². The summed E-state index contributed by atoms with van der Waals surface area (Å²) >= 11 is 0. The third-order valence-electron chi connectivity index (χ3n) is 3.07. The molecule has 0 aliphatic rings. The van der Waals surface area contributed by atoms with E-state index in [1.165, 1.54) is 0 Å². The number of carbonyl (C=O) groups is 1. The highest BCUT2D eigenvalue weighted by atomic mass is 16.6. The second-order valence-corrected chi connectivity index (χ2v) is 6.46. The molecule has 1 heterocycles. The first-order valence-corrected chi connectivity index (χ1v) is 7.58. The number of rotatable bonds is 4. The number of benzene rings is 1. The van der Waals surface area contributed by atoms with Crippen LogP contribution >= 0.6 is 0 Å². The van der Waals surface area contributed by atoms with Gasteiger partial charge in [-0.25, -0.2) is 0 Å². The van der Waals surface area contributed by atoms with Crippen LogP contribution in [0.15, 0.2) is 30.3 Å². The number of aliphatic hydroxyl groups is 1. The summed E-state index contributed by atoms with van der Waals surface area (Å²) < 4.78 is 5.25. The van der Waals surface area contributed by atoms with Gasteiger partial charge in [0.15, 0.2) is 0 Å². The standard InChI is InChI=1S/C18H22N2O3/c1-12(21)16-11-14-10-13(8-9-15(14)19-20-16)6-5-7-17(22)23-18(2,3)4/h5-6,8-12,21H,7H2,1-4H3/b6-5+/t12-/m1/s1. The maximum absolute atomic E-state index is 11.7. The maximum atomic E-state index is 11.7. The number of ether oxygens (including phenoxy) is 1. The molecule has 2 aromatic rings. The highest BCUT2D eigenvalue weighted by Gasteiger charge is 2.14. The molecule has 0 unspecified atom stereocenters. The smallest absolute Gasteiger partial charge is 0.310 e. The molecule has 1 aromatic heterocycles. The molecule has 0 radical (unpaired) electrons. The Morgan fingerprint density at radius 3 is 2.70 bits per heavy atom. The van der Waals surface area contributed by atoms with Gasteiger partial charge in [-0.1, -0.05) is 18.2 Å². The number of aromatic nitrogens is 2. The lowest BCUT2D eigenvalue weighted by atomic mass is 10.1. The topological polar surface area (TPSA) is 72.3 Å². The van der Waals surface area contributed by atoms with Gasteiger partial charge >= 0.3 is 5.97 Å². The number of hydrogen-bond donors (Lipinski definition) is 1. The van der Waals surface area contributed by atoms with Crippen LogP contribution in [0.1, 0.15) is 51.5 Å². The molecule has 0 aliphatic carbocycles. The SMILES string of the molecule is C[C@@H](O)c1cc2cc(/C=C/CC(=O)OC(C)(C)C)ccc2nn1. The number of nitrogens with zero attached hydrogens (tertiary/aromatic N) is 2. The first-order chi connectivity index (χ1) is 10.7. The molecule has 1 atom stereocenters. The summed E-state index contributed by atoms with van der Waals surface area (Å²) in [5.74, 6) is -0.253. The van der Waals surface area contributed by atoms with E-state index in [9.17, 15) is 9.90 Å². The Kier molecular flexibility index (Phi) is 5.11. The van der Waals surface area contributed by atoms with Crippen LogP contribution < -0.4 is 0 Å². The Bertz CT molecular complexity index is 731. The van der Waals surface area contributed by atoms with Crippen molar-refractivity contribution in [1.82, 2.24) is 10.2 Å². The van der Waals surface area contributed by atoms with Gasteiger partial charge in [-0.2, -0.15) is 10.2 Å². The highest BCUT2D eigenvalue weighted by Crippen LogP contribution is 2.18.